The lowest BCUT2D eigenvalue weighted by atomic mass is 9.99. The highest BCUT2D eigenvalue weighted by molar-refractivity contribution is 7.89. The number of esters is 1. The zero-order valence-corrected chi connectivity index (χ0v) is 12.2. The molecule has 0 aromatic heterocycles. The smallest absolute Gasteiger partial charge is 0.335 e. The van der Waals surface area contributed by atoms with Crippen molar-refractivity contribution >= 4 is 22.0 Å². The Morgan fingerprint density at radius 1 is 1.33 bits per heavy atom. The van der Waals surface area contributed by atoms with Crippen LogP contribution in [0.4, 0.5) is 0 Å². The molecule has 0 unspecified atom stereocenters. The van der Waals surface area contributed by atoms with E-state index in [0.29, 0.717) is 12.0 Å². The van der Waals surface area contributed by atoms with Gasteiger partial charge in [0.25, 0.3) is 0 Å². The molecule has 0 bridgehead atoms. The molecule has 0 amide bonds. The number of carbonyl (C=O) groups is 2. The minimum Gasteiger partial charge on any atom is -0.478 e. The highest BCUT2D eigenvalue weighted by Crippen LogP contribution is 2.22. The van der Waals surface area contributed by atoms with E-state index >= 15 is 0 Å². The first-order valence-corrected chi connectivity index (χ1v) is 7.84. The van der Waals surface area contributed by atoms with Gasteiger partial charge in [-0.05, 0) is 29.7 Å². The van der Waals surface area contributed by atoms with Gasteiger partial charge in [-0.25, -0.2) is 13.2 Å². The molecule has 1 heterocycles. The van der Waals surface area contributed by atoms with Crippen molar-refractivity contribution in [3.05, 3.63) is 34.9 Å². The summed E-state index contributed by atoms with van der Waals surface area (Å²) in [6.45, 7) is 0.328. The summed E-state index contributed by atoms with van der Waals surface area (Å²) >= 11 is 0. The Kier molecular flexibility index (Phi) is 4.29. The van der Waals surface area contributed by atoms with Crippen LogP contribution in [0.2, 0.25) is 0 Å². The Morgan fingerprint density at radius 3 is 2.67 bits per heavy atom. The van der Waals surface area contributed by atoms with Crippen molar-refractivity contribution in [2.24, 2.45) is 0 Å². The molecule has 114 valence electrons. The molecule has 1 aliphatic heterocycles. The van der Waals surface area contributed by atoms with Crippen molar-refractivity contribution in [3.63, 3.8) is 0 Å². The van der Waals surface area contributed by atoms with Crippen molar-refractivity contribution in [2.45, 2.75) is 13.0 Å². The van der Waals surface area contributed by atoms with E-state index < -0.39 is 27.7 Å². The molecule has 1 aliphatic rings. The maximum atomic E-state index is 12.1. The van der Waals surface area contributed by atoms with Crippen molar-refractivity contribution in [1.82, 2.24) is 4.31 Å². The van der Waals surface area contributed by atoms with Crippen LogP contribution in [0.15, 0.2) is 18.2 Å². The van der Waals surface area contributed by atoms with Gasteiger partial charge in [0.05, 0.1) is 12.7 Å². The number of methoxy groups -OCH3 is 1. The van der Waals surface area contributed by atoms with E-state index in [-0.39, 0.29) is 18.7 Å². The van der Waals surface area contributed by atoms with Crippen LogP contribution in [0.3, 0.4) is 0 Å². The third-order valence-corrected chi connectivity index (χ3v) is 5.05. The number of fused-ring (bicyclic) bond motifs is 1. The SMILES string of the molecule is COC(=O)CS(=O)(=O)N1CCc2ccc(C(=O)O)cc2C1. The number of carbonyl (C=O) groups excluding carboxylic acids is 1. The molecule has 1 aromatic carbocycles. The number of rotatable bonds is 4. The Labute approximate surface area is 122 Å². The van der Waals surface area contributed by atoms with Crippen LogP contribution in [-0.4, -0.2) is 49.2 Å². The van der Waals surface area contributed by atoms with Crippen molar-refractivity contribution in [1.29, 1.82) is 0 Å². The molecule has 0 saturated heterocycles. The number of carboxylic acid groups (broad SMARTS) is 1. The Balaban J connectivity index is 2.23. The number of hydrogen-bond acceptors (Lipinski definition) is 5. The van der Waals surface area contributed by atoms with Gasteiger partial charge in [0.1, 0.15) is 0 Å². The van der Waals surface area contributed by atoms with Gasteiger partial charge in [-0.3, -0.25) is 4.79 Å². The van der Waals surface area contributed by atoms with E-state index in [2.05, 4.69) is 4.74 Å². The van der Waals surface area contributed by atoms with Crippen LogP contribution in [0.25, 0.3) is 0 Å². The predicted octanol–water partition coefficient (Wildman–Crippen LogP) is 0.246. The Morgan fingerprint density at radius 2 is 2.05 bits per heavy atom. The van der Waals surface area contributed by atoms with Gasteiger partial charge >= 0.3 is 11.9 Å². The van der Waals surface area contributed by atoms with Gasteiger partial charge in [0.2, 0.25) is 10.0 Å². The molecule has 8 heteroatoms. The minimum atomic E-state index is -3.76. The second-order valence-electron chi connectivity index (χ2n) is 4.70. The number of ether oxygens (including phenoxy) is 1. The third-order valence-electron chi connectivity index (χ3n) is 3.35. The lowest BCUT2D eigenvalue weighted by molar-refractivity contribution is -0.137. The van der Waals surface area contributed by atoms with Gasteiger partial charge in [0.15, 0.2) is 5.75 Å². The number of hydrogen-bond donors (Lipinski definition) is 1. The Hall–Kier alpha value is -1.93. The quantitative estimate of drug-likeness (QED) is 0.799. The monoisotopic (exact) mass is 313 g/mol. The first kappa shape index (κ1) is 15.5. The number of aromatic carboxylic acids is 1. The van der Waals surface area contributed by atoms with Crippen LogP contribution in [0.1, 0.15) is 21.5 Å². The maximum absolute atomic E-state index is 12.1. The second kappa shape index (κ2) is 5.82. The fraction of sp³-hybridized carbons (Fsp3) is 0.385. The molecule has 1 N–H and O–H groups in total. The fourth-order valence-electron chi connectivity index (χ4n) is 2.20. The van der Waals surface area contributed by atoms with Gasteiger partial charge in [-0.2, -0.15) is 4.31 Å². The summed E-state index contributed by atoms with van der Waals surface area (Å²) in [4.78, 5) is 22.1. The number of sulfonamides is 1. The number of benzene rings is 1. The fourth-order valence-corrected chi connectivity index (χ4v) is 3.50. The molecule has 7 nitrogen and oxygen atoms in total. The van der Waals surface area contributed by atoms with Gasteiger partial charge < -0.3 is 9.84 Å². The van der Waals surface area contributed by atoms with E-state index in [0.717, 1.165) is 12.7 Å². The molecule has 0 aliphatic carbocycles. The molecule has 21 heavy (non-hydrogen) atoms. The predicted molar refractivity (Wildman–Crippen MR) is 73.3 cm³/mol. The standard InChI is InChI=1S/C13H15NO6S/c1-20-12(15)8-21(18,19)14-5-4-9-2-3-10(13(16)17)6-11(9)7-14/h2-3,6H,4-5,7-8H2,1H3,(H,16,17). The zero-order valence-electron chi connectivity index (χ0n) is 11.4. The molecular formula is C13H15NO6S. The van der Waals surface area contributed by atoms with Crippen molar-refractivity contribution < 1.29 is 27.9 Å². The summed E-state index contributed by atoms with van der Waals surface area (Å²) < 4.78 is 29.7. The topological polar surface area (TPSA) is 101 Å². The molecule has 0 spiro atoms. The summed E-state index contributed by atoms with van der Waals surface area (Å²) in [5.41, 5.74) is 1.68. The molecule has 0 atom stereocenters. The van der Waals surface area contributed by atoms with E-state index in [1.165, 1.54) is 16.4 Å². The zero-order chi connectivity index (χ0) is 15.6. The summed E-state index contributed by atoms with van der Waals surface area (Å²) in [6, 6.07) is 4.67. The van der Waals surface area contributed by atoms with E-state index in [1.807, 2.05) is 0 Å². The first-order chi connectivity index (χ1) is 9.83. The average molecular weight is 313 g/mol. The highest BCUT2D eigenvalue weighted by atomic mass is 32.2. The first-order valence-electron chi connectivity index (χ1n) is 6.23. The summed E-state index contributed by atoms with van der Waals surface area (Å²) in [5, 5.41) is 8.97. The van der Waals surface area contributed by atoms with Crippen molar-refractivity contribution in [3.8, 4) is 0 Å². The Bertz CT molecular complexity index is 682. The van der Waals surface area contributed by atoms with E-state index in [9.17, 15) is 18.0 Å². The molecular weight excluding hydrogens is 298 g/mol. The van der Waals surface area contributed by atoms with Gasteiger partial charge in [-0.15, -0.1) is 0 Å². The van der Waals surface area contributed by atoms with Gasteiger partial charge in [-0.1, -0.05) is 6.07 Å². The third kappa shape index (κ3) is 3.40. The highest BCUT2D eigenvalue weighted by Gasteiger charge is 2.29. The maximum Gasteiger partial charge on any atom is 0.335 e. The van der Waals surface area contributed by atoms with Crippen LogP contribution >= 0.6 is 0 Å². The molecule has 0 radical (unpaired) electrons. The number of nitrogens with zero attached hydrogens (tertiary/aromatic N) is 1. The molecule has 2 rings (SSSR count). The average Bonchev–Trinajstić information content (AvgIpc) is 2.45. The van der Waals surface area contributed by atoms with Gasteiger partial charge in [0, 0.05) is 13.1 Å². The van der Waals surface area contributed by atoms with Crippen molar-refractivity contribution in [2.75, 3.05) is 19.4 Å². The van der Waals surface area contributed by atoms with Crippen LogP contribution in [0.5, 0.6) is 0 Å². The molecule has 0 fully saturated rings. The number of carboxylic acids is 1. The lowest BCUT2D eigenvalue weighted by Gasteiger charge is -2.27. The molecule has 1 aromatic rings. The van der Waals surface area contributed by atoms with E-state index in [4.69, 9.17) is 5.11 Å². The summed E-state index contributed by atoms with van der Waals surface area (Å²) in [7, 11) is -2.63. The largest absolute Gasteiger partial charge is 0.478 e. The van der Waals surface area contributed by atoms with Crippen LogP contribution in [0, 0.1) is 0 Å². The van der Waals surface area contributed by atoms with E-state index in [1.54, 1.807) is 6.07 Å². The second-order valence-corrected chi connectivity index (χ2v) is 6.67. The lowest BCUT2D eigenvalue weighted by Crippen LogP contribution is -2.39. The minimum absolute atomic E-state index is 0.0653. The van der Waals surface area contributed by atoms with Crippen LogP contribution in [-0.2, 0) is 32.5 Å². The normalized spacial score (nSPS) is 15.3. The van der Waals surface area contributed by atoms with Crippen LogP contribution < -0.4 is 0 Å². The summed E-state index contributed by atoms with van der Waals surface area (Å²) in [5.74, 6) is -2.59. The molecule has 0 saturated carbocycles. The summed E-state index contributed by atoms with van der Waals surface area (Å²) in [6.07, 6.45) is 0.482.